The Morgan fingerprint density at radius 1 is 0.259 bits per heavy atom. The van der Waals surface area contributed by atoms with Gasteiger partial charge < -0.3 is 0 Å². The van der Waals surface area contributed by atoms with E-state index in [0.717, 1.165) is 88.6 Å². The normalized spacial score (nSPS) is 11.8. The van der Waals surface area contributed by atoms with Crippen LogP contribution in [0.2, 0.25) is 0 Å². The maximum atomic E-state index is 5.38. The van der Waals surface area contributed by atoms with Gasteiger partial charge in [0, 0.05) is 54.6 Å². The average Bonchev–Trinajstić information content (AvgIpc) is 3.30. The van der Waals surface area contributed by atoms with Crippen LogP contribution in [-0.4, -0.2) is 19.9 Å². The Hall–Kier alpha value is -7.82. The van der Waals surface area contributed by atoms with Gasteiger partial charge in [0.25, 0.3) is 0 Å². The maximum absolute atomic E-state index is 5.38. The van der Waals surface area contributed by atoms with Gasteiger partial charge in [-0.2, -0.15) is 0 Å². The summed E-state index contributed by atoms with van der Waals surface area (Å²) in [5, 5.41) is 11.7. The van der Waals surface area contributed by atoms with Crippen LogP contribution in [0.3, 0.4) is 0 Å². The molecule has 4 heterocycles. The van der Waals surface area contributed by atoms with Gasteiger partial charge in [0.2, 0.25) is 0 Å². The van der Waals surface area contributed by atoms with Crippen LogP contribution < -0.4 is 0 Å². The van der Waals surface area contributed by atoms with E-state index in [1.807, 2.05) is 18.2 Å². The van der Waals surface area contributed by atoms with Gasteiger partial charge in [0.05, 0.1) is 44.8 Å². The summed E-state index contributed by atoms with van der Waals surface area (Å²) in [5.41, 5.74) is 11.7. The fraction of sp³-hybridized carbons (Fsp3) is 0. The van der Waals surface area contributed by atoms with E-state index in [4.69, 9.17) is 19.9 Å². The van der Waals surface area contributed by atoms with Crippen molar-refractivity contribution >= 4 is 75.9 Å². The summed E-state index contributed by atoms with van der Waals surface area (Å²) in [6.07, 6.45) is 0. The topological polar surface area (TPSA) is 51.6 Å². The number of pyridine rings is 4. The second-order valence-corrected chi connectivity index (χ2v) is 15.0. The van der Waals surface area contributed by atoms with Gasteiger partial charge in [-0.25, -0.2) is 19.9 Å². The molecule has 8 aromatic carbocycles. The van der Waals surface area contributed by atoms with E-state index in [2.05, 4.69) is 176 Å². The number of nitrogens with zero attached hydrogens (tertiary/aromatic N) is 4. The fourth-order valence-corrected chi connectivity index (χ4v) is 8.80. The zero-order valence-electron chi connectivity index (χ0n) is 31.3. The Balaban J connectivity index is 0.957. The first-order valence-electron chi connectivity index (χ1n) is 19.6. The minimum atomic E-state index is 0.899. The van der Waals surface area contributed by atoms with Crippen LogP contribution in [0.5, 0.6) is 0 Å². The summed E-state index contributed by atoms with van der Waals surface area (Å²) in [4.78, 5) is 20.9. The Bertz CT molecular complexity index is 3630. The predicted molar refractivity (Wildman–Crippen MR) is 242 cm³/mol. The lowest BCUT2D eigenvalue weighted by Crippen LogP contribution is -1.93. The standard InChI is InChI=1S/C54H32N4/c1-2-11-33(12-3-1)45-27-23-34-21-22-35-24-28-48(57-54(35)53(34)56-45)38-26-30-47-37(31-38)25-29-46(55-47)36-13-10-14-39(32-36)52-51-43-18-7-5-16-41(43)40-15-4-6-17-42(40)50(51)44-19-8-9-20-49(44)58-52/h1-32H. The van der Waals surface area contributed by atoms with Crippen LogP contribution in [0.25, 0.3) is 121 Å². The Kier molecular flexibility index (Phi) is 7.20. The van der Waals surface area contributed by atoms with Crippen LogP contribution in [0.4, 0.5) is 0 Å². The van der Waals surface area contributed by atoms with Gasteiger partial charge >= 0.3 is 0 Å². The summed E-state index contributed by atoms with van der Waals surface area (Å²) < 4.78 is 0. The zero-order chi connectivity index (χ0) is 38.2. The molecule has 0 saturated heterocycles. The zero-order valence-corrected chi connectivity index (χ0v) is 31.3. The number of hydrogen-bond acceptors (Lipinski definition) is 4. The Morgan fingerprint density at radius 3 is 1.50 bits per heavy atom. The van der Waals surface area contributed by atoms with E-state index in [-0.39, 0.29) is 0 Å². The van der Waals surface area contributed by atoms with Gasteiger partial charge in [-0.15, -0.1) is 0 Å². The molecule has 0 spiro atoms. The maximum Gasteiger partial charge on any atom is 0.0972 e. The first kappa shape index (κ1) is 32.4. The molecule has 12 rings (SSSR count). The van der Waals surface area contributed by atoms with Crippen molar-refractivity contribution in [2.45, 2.75) is 0 Å². The van der Waals surface area contributed by atoms with E-state index in [1.54, 1.807) is 0 Å². The highest BCUT2D eigenvalue weighted by Gasteiger charge is 2.18. The molecule has 4 nitrogen and oxygen atoms in total. The number of fused-ring (bicyclic) bond motifs is 12. The molecule has 268 valence electrons. The van der Waals surface area contributed by atoms with Gasteiger partial charge in [-0.1, -0.05) is 152 Å². The van der Waals surface area contributed by atoms with Gasteiger partial charge in [-0.05, 0) is 64.0 Å². The lowest BCUT2D eigenvalue weighted by atomic mass is 9.89. The quantitative estimate of drug-likeness (QED) is 0.169. The van der Waals surface area contributed by atoms with Gasteiger partial charge in [0.1, 0.15) is 0 Å². The third kappa shape index (κ3) is 5.16. The molecule has 0 aliphatic carbocycles. The number of aromatic nitrogens is 4. The molecule has 4 aromatic heterocycles. The molecule has 0 unspecified atom stereocenters. The largest absolute Gasteiger partial charge is 0.248 e. The molecule has 0 bridgehead atoms. The first-order chi connectivity index (χ1) is 28.7. The van der Waals surface area contributed by atoms with Crippen LogP contribution in [0.1, 0.15) is 0 Å². The Morgan fingerprint density at radius 2 is 0.776 bits per heavy atom. The van der Waals surface area contributed by atoms with Crippen LogP contribution in [0.15, 0.2) is 194 Å². The highest BCUT2D eigenvalue weighted by atomic mass is 14.8. The third-order valence-corrected chi connectivity index (χ3v) is 11.6. The van der Waals surface area contributed by atoms with Crippen molar-refractivity contribution in [1.82, 2.24) is 19.9 Å². The van der Waals surface area contributed by atoms with Crippen molar-refractivity contribution in [3.05, 3.63) is 194 Å². The van der Waals surface area contributed by atoms with Crippen molar-refractivity contribution in [2.24, 2.45) is 0 Å². The van der Waals surface area contributed by atoms with Crippen molar-refractivity contribution in [2.75, 3.05) is 0 Å². The molecule has 0 amide bonds. The molecule has 4 heteroatoms. The SMILES string of the molecule is c1ccc(-c2ccc3ccc4ccc(-c5ccc6nc(-c7cccc(-c8nc9ccccc9c9c%10ccccc%10c%10ccccc%10c89)c7)ccc6c5)nc4c3n2)cc1. The molecule has 0 radical (unpaired) electrons. The molecule has 0 atom stereocenters. The molecule has 58 heavy (non-hydrogen) atoms. The molecule has 12 aromatic rings. The molecule has 0 fully saturated rings. The van der Waals surface area contributed by atoms with Gasteiger partial charge in [0.15, 0.2) is 0 Å². The number of para-hydroxylation sites is 1. The molecular formula is C54H32N4. The number of rotatable bonds is 4. The third-order valence-electron chi connectivity index (χ3n) is 11.6. The van der Waals surface area contributed by atoms with Crippen molar-refractivity contribution in [3.8, 4) is 45.0 Å². The van der Waals surface area contributed by atoms with Crippen molar-refractivity contribution in [3.63, 3.8) is 0 Å². The molecule has 0 N–H and O–H groups in total. The fourth-order valence-electron chi connectivity index (χ4n) is 8.80. The Labute approximate surface area is 333 Å². The minimum absolute atomic E-state index is 0.899. The summed E-state index contributed by atoms with van der Waals surface area (Å²) in [7, 11) is 0. The lowest BCUT2D eigenvalue weighted by Gasteiger charge is -2.16. The van der Waals surface area contributed by atoms with E-state index in [9.17, 15) is 0 Å². The van der Waals surface area contributed by atoms with E-state index < -0.39 is 0 Å². The highest BCUT2D eigenvalue weighted by Crippen LogP contribution is 2.43. The second-order valence-electron chi connectivity index (χ2n) is 15.0. The highest BCUT2D eigenvalue weighted by molar-refractivity contribution is 6.33. The monoisotopic (exact) mass is 736 g/mol. The molecule has 0 aliphatic rings. The molecular weight excluding hydrogens is 705 g/mol. The smallest absolute Gasteiger partial charge is 0.0972 e. The van der Waals surface area contributed by atoms with Crippen LogP contribution in [-0.2, 0) is 0 Å². The van der Waals surface area contributed by atoms with Gasteiger partial charge in [-0.3, -0.25) is 0 Å². The lowest BCUT2D eigenvalue weighted by molar-refractivity contribution is 1.36. The van der Waals surface area contributed by atoms with E-state index in [0.29, 0.717) is 0 Å². The number of hydrogen-bond donors (Lipinski definition) is 0. The second kappa shape index (κ2) is 12.9. The summed E-state index contributed by atoms with van der Waals surface area (Å²) in [6.45, 7) is 0. The summed E-state index contributed by atoms with van der Waals surface area (Å²) in [5.74, 6) is 0. The van der Waals surface area contributed by atoms with E-state index >= 15 is 0 Å². The summed E-state index contributed by atoms with van der Waals surface area (Å²) >= 11 is 0. The average molecular weight is 737 g/mol. The minimum Gasteiger partial charge on any atom is -0.248 e. The van der Waals surface area contributed by atoms with Crippen LogP contribution >= 0.6 is 0 Å². The van der Waals surface area contributed by atoms with E-state index in [1.165, 1.54) is 32.3 Å². The van der Waals surface area contributed by atoms with Crippen molar-refractivity contribution in [1.29, 1.82) is 0 Å². The molecule has 0 aliphatic heterocycles. The summed E-state index contributed by atoms with van der Waals surface area (Å²) in [6, 6.07) is 68.4. The molecule has 0 saturated carbocycles. The first-order valence-corrected chi connectivity index (χ1v) is 19.6. The van der Waals surface area contributed by atoms with Crippen molar-refractivity contribution < 1.29 is 0 Å². The number of benzene rings is 8. The predicted octanol–water partition coefficient (Wildman–Crippen LogP) is 14.0. The van der Waals surface area contributed by atoms with Crippen LogP contribution in [0, 0.1) is 0 Å².